The SMILES string of the molecule is CCC1C(=O)N(C)c2cnc(C(C=N)C=N)nc2N1C1CCCC1. The minimum atomic E-state index is -0.524. The van der Waals surface area contributed by atoms with E-state index in [1.807, 2.05) is 6.92 Å². The van der Waals surface area contributed by atoms with Crippen LogP contribution in [0.1, 0.15) is 50.8 Å². The van der Waals surface area contributed by atoms with E-state index in [0.717, 1.165) is 25.1 Å². The van der Waals surface area contributed by atoms with Gasteiger partial charge in [0.2, 0.25) is 5.91 Å². The zero-order valence-corrected chi connectivity index (χ0v) is 14.2. The maximum absolute atomic E-state index is 12.8. The highest BCUT2D eigenvalue weighted by Gasteiger charge is 2.41. The lowest BCUT2D eigenvalue weighted by Gasteiger charge is -2.43. The van der Waals surface area contributed by atoms with Crippen molar-refractivity contribution >= 4 is 29.8 Å². The minimum absolute atomic E-state index is 0.0870. The van der Waals surface area contributed by atoms with Crippen LogP contribution in [-0.4, -0.2) is 47.4 Å². The van der Waals surface area contributed by atoms with Gasteiger partial charge in [0.1, 0.15) is 17.6 Å². The van der Waals surface area contributed by atoms with Gasteiger partial charge in [-0.3, -0.25) is 4.79 Å². The Morgan fingerprint density at radius 3 is 2.58 bits per heavy atom. The molecule has 1 aliphatic carbocycles. The van der Waals surface area contributed by atoms with Gasteiger partial charge >= 0.3 is 0 Å². The zero-order valence-electron chi connectivity index (χ0n) is 14.2. The minimum Gasteiger partial charge on any atom is -0.340 e. The van der Waals surface area contributed by atoms with E-state index in [2.05, 4.69) is 14.9 Å². The second-order valence-corrected chi connectivity index (χ2v) is 6.46. The molecule has 0 radical (unpaired) electrons. The maximum Gasteiger partial charge on any atom is 0.249 e. The molecular formula is C17H24N6O. The van der Waals surface area contributed by atoms with Crippen molar-refractivity contribution in [3.8, 4) is 0 Å². The molecule has 0 bridgehead atoms. The van der Waals surface area contributed by atoms with Crippen molar-refractivity contribution in [3.05, 3.63) is 12.0 Å². The van der Waals surface area contributed by atoms with Gasteiger partial charge in [0.25, 0.3) is 0 Å². The van der Waals surface area contributed by atoms with Crippen LogP contribution in [-0.2, 0) is 4.79 Å². The van der Waals surface area contributed by atoms with Gasteiger partial charge in [-0.05, 0) is 19.3 Å². The molecule has 128 valence electrons. The lowest BCUT2D eigenvalue weighted by Crippen LogP contribution is -2.55. The zero-order chi connectivity index (χ0) is 17.3. The highest BCUT2D eigenvalue weighted by atomic mass is 16.2. The average molecular weight is 328 g/mol. The lowest BCUT2D eigenvalue weighted by molar-refractivity contribution is -0.120. The molecule has 2 heterocycles. The number of nitrogens with zero attached hydrogens (tertiary/aromatic N) is 4. The van der Waals surface area contributed by atoms with Crippen LogP contribution < -0.4 is 9.80 Å². The number of carbonyl (C=O) groups excluding carboxylic acids is 1. The molecule has 2 N–H and O–H groups in total. The molecule has 1 fully saturated rings. The normalized spacial score (nSPS) is 22.4. The molecule has 1 aromatic heterocycles. The first-order valence-electron chi connectivity index (χ1n) is 8.56. The summed E-state index contributed by atoms with van der Waals surface area (Å²) in [6, 6.07) is 0.124. The van der Waals surface area contributed by atoms with E-state index in [0.29, 0.717) is 17.6 Å². The number of aromatic nitrogens is 2. The Kier molecular flexibility index (Phi) is 4.59. The molecule has 0 spiro atoms. The van der Waals surface area contributed by atoms with Gasteiger partial charge in [0, 0.05) is 25.5 Å². The summed E-state index contributed by atoms with van der Waals surface area (Å²) in [5.41, 5.74) is 0.717. The van der Waals surface area contributed by atoms with Gasteiger partial charge < -0.3 is 20.6 Å². The number of likely N-dealkylation sites (N-methyl/N-ethyl adjacent to an activating group) is 1. The highest BCUT2D eigenvalue weighted by molar-refractivity contribution is 6.04. The smallest absolute Gasteiger partial charge is 0.249 e. The van der Waals surface area contributed by atoms with E-state index in [1.54, 1.807) is 18.1 Å². The van der Waals surface area contributed by atoms with Crippen LogP contribution in [0.5, 0.6) is 0 Å². The van der Waals surface area contributed by atoms with Crippen molar-refractivity contribution < 1.29 is 4.79 Å². The predicted octanol–water partition coefficient (Wildman–Crippen LogP) is 2.36. The lowest BCUT2D eigenvalue weighted by atomic mass is 10.0. The summed E-state index contributed by atoms with van der Waals surface area (Å²) in [6.07, 6.45) is 9.24. The highest BCUT2D eigenvalue weighted by Crippen LogP contribution is 2.39. The Balaban J connectivity index is 2.12. The molecule has 1 atom stereocenters. The van der Waals surface area contributed by atoms with E-state index in [4.69, 9.17) is 10.8 Å². The number of anilines is 2. The van der Waals surface area contributed by atoms with E-state index in [9.17, 15) is 4.79 Å². The molecule has 1 saturated carbocycles. The van der Waals surface area contributed by atoms with Gasteiger partial charge in [0.05, 0.1) is 12.1 Å². The summed E-state index contributed by atoms with van der Waals surface area (Å²) >= 11 is 0. The number of hydrogen-bond donors (Lipinski definition) is 2. The molecular weight excluding hydrogens is 304 g/mol. The monoisotopic (exact) mass is 328 g/mol. The first-order chi connectivity index (χ1) is 11.6. The van der Waals surface area contributed by atoms with Crippen LogP contribution in [0.15, 0.2) is 6.20 Å². The number of rotatable bonds is 5. The van der Waals surface area contributed by atoms with E-state index >= 15 is 0 Å². The average Bonchev–Trinajstić information content (AvgIpc) is 3.13. The Hall–Kier alpha value is -2.31. The quantitative estimate of drug-likeness (QED) is 0.811. The van der Waals surface area contributed by atoms with Crippen molar-refractivity contribution in [2.45, 2.75) is 57.0 Å². The first-order valence-corrected chi connectivity index (χ1v) is 8.56. The Bertz CT molecular complexity index is 646. The number of nitrogens with one attached hydrogen (secondary N) is 2. The number of hydrogen-bond acceptors (Lipinski definition) is 6. The van der Waals surface area contributed by atoms with E-state index in [1.165, 1.54) is 25.3 Å². The van der Waals surface area contributed by atoms with E-state index in [-0.39, 0.29) is 11.9 Å². The van der Waals surface area contributed by atoms with Crippen molar-refractivity contribution in [2.24, 2.45) is 0 Å². The fraction of sp³-hybridized carbons (Fsp3) is 0.588. The maximum atomic E-state index is 12.8. The van der Waals surface area contributed by atoms with Crippen LogP contribution in [0.25, 0.3) is 0 Å². The summed E-state index contributed by atoms with van der Waals surface area (Å²) in [6.45, 7) is 2.03. The fourth-order valence-electron chi connectivity index (χ4n) is 3.75. The fourth-order valence-corrected chi connectivity index (χ4v) is 3.75. The van der Waals surface area contributed by atoms with Gasteiger partial charge in [-0.2, -0.15) is 0 Å². The predicted molar refractivity (Wildman–Crippen MR) is 94.6 cm³/mol. The van der Waals surface area contributed by atoms with Gasteiger partial charge in [-0.15, -0.1) is 0 Å². The summed E-state index contributed by atoms with van der Waals surface area (Å²) in [5, 5.41) is 14.9. The third-order valence-corrected chi connectivity index (χ3v) is 5.09. The van der Waals surface area contributed by atoms with Crippen molar-refractivity contribution in [1.29, 1.82) is 10.8 Å². The van der Waals surface area contributed by atoms with Crippen LogP contribution >= 0.6 is 0 Å². The van der Waals surface area contributed by atoms with Crippen LogP contribution in [0.2, 0.25) is 0 Å². The Morgan fingerprint density at radius 2 is 2.00 bits per heavy atom. The third kappa shape index (κ3) is 2.57. The topological polar surface area (TPSA) is 97.0 Å². The van der Waals surface area contributed by atoms with Crippen LogP contribution in [0.3, 0.4) is 0 Å². The van der Waals surface area contributed by atoms with E-state index < -0.39 is 5.92 Å². The number of carbonyl (C=O) groups is 1. The number of amides is 1. The number of fused-ring (bicyclic) bond motifs is 1. The molecule has 1 unspecified atom stereocenters. The second kappa shape index (κ2) is 6.67. The molecule has 0 aromatic carbocycles. The Labute approximate surface area is 142 Å². The molecule has 7 heteroatoms. The summed E-state index contributed by atoms with van der Waals surface area (Å²) in [4.78, 5) is 25.6. The van der Waals surface area contributed by atoms with Gasteiger partial charge in [-0.1, -0.05) is 19.8 Å². The van der Waals surface area contributed by atoms with Crippen molar-refractivity contribution in [1.82, 2.24) is 9.97 Å². The Morgan fingerprint density at radius 1 is 1.33 bits per heavy atom. The largest absolute Gasteiger partial charge is 0.340 e. The van der Waals surface area contributed by atoms with Crippen molar-refractivity contribution in [3.63, 3.8) is 0 Å². The molecule has 7 nitrogen and oxygen atoms in total. The molecule has 1 amide bonds. The van der Waals surface area contributed by atoms with Gasteiger partial charge in [-0.25, -0.2) is 9.97 Å². The van der Waals surface area contributed by atoms with Crippen LogP contribution in [0.4, 0.5) is 11.5 Å². The first kappa shape index (κ1) is 16.5. The van der Waals surface area contributed by atoms with Crippen LogP contribution in [0, 0.1) is 10.8 Å². The molecule has 2 aliphatic rings. The molecule has 3 rings (SSSR count). The summed E-state index contributed by atoms with van der Waals surface area (Å²) in [5.74, 6) is 0.779. The summed E-state index contributed by atoms with van der Waals surface area (Å²) in [7, 11) is 1.77. The molecule has 24 heavy (non-hydrogen) atoms. The standard InChI is InChI=1S/C17H24N6O/c1-3-13-17(24)22(2)14-10-20-15(11(8-18)9-19)21-16(14)23(13)12-6-4-5-7-12/h8-13,18-19H,3-7H2,1-2H3. The molecule has 1 aliphatic heterocycles. The summed E-state index contributed by atoms with van der Waals surface area (Å²) < 4.78 is 0. The molecule has 0 saturated heterocycles. The van der Waals surface area contributed by atoms with Gasteiger partial charge in [0.15, 0.2) is 5.82 Å². The molecule has 1 aromatic rings. The third-order valence-electron chi connectivity index (χ3n) is 5.09. The van der Waals surface area contributed by atoms with Crippen molar-refractivity contribution in [2.75, 3.05) is 16.8 Å². The second-order valence-electron chi connectivity index (χ2n) is 6.46.